The van der Waals surface area contributed by atoms with Gasteiger partial charge in [0.25, 0.3) is 0 Å². The lowest BCUT2D eigenvalue weighted by atomic mass is 9.37. The summed E-state index contributed by atoms with van der Waals surface area (Å²) in [5, 5.41) is 19.8. The number of Topliss-reactive ketones (excluding diaryl/α,β-unsaturated/α-hetero) is 1. The number of allylic oxidation sites excluding steroid dienone is 1. The van der Waals surface area contributed by atoms with Crippen molar-refractivity contribution in [3.8, 4) is 0 Å². The maximum absolute atomic E-state index is 14.3. The number of hydrogen-bond acceptors (Lipinski definition) is 4. The molecule has 1 heterocycles. The molecule has 0 aromatic rings. The zero-order valence-electron chi connectivity index (χ0n) is 21.7. The lowest BCUT2D eigenvalue weighted by molar-refractivity contribution is -0.191. The number of aliphatic hydroxyl groups excluding tert-OH is 1. The molecule has 0 radical (unpaired) electrons. The van der Waals surface area contributed by atoms with E-state index in [1.165, 1.54) is 6.42 Å². The number of carbonyl (C=O) groups is 2. The van der Waals surface area contributed by atoms with Crippen LogP contribution in [0.5, 0.6) is 0 Å². The van der Waals surface area contributed by atoms with Crippen molar-refractivity contribution < 1.29 is 24.5 Å². The van der Waals surface area contributed by atoms with E-state index in [1.807, 2.05) is 6.08 Å². The van der Waals surface area contributed by atoms with Gasteiger partial charge in [-0.2, -0.15) is 0 Å². The average Bonchev–Trinajstić information content (AvgIpc) is 3.18. The Bertz CT molecular complexity index is 910. The van der Waals surface area contributed by atoms with Gasteiger partial charge in [-0.05, 0) is 86.9 Å². The molecule has 5 rings (SSSR count). The fourth-order valence-electron chi connectivity index (χ4n) is 10.2. The molecule has 5 aliphatic rings. The third-order valence-electron chi connectivity index (χ3n) is 12.3. The van der Waals surface area contributed by atoms with Gasteiger partial charge in [0.15, 0.2) is 0 Å². The highest BCUT2D eigenvalue weighted by Gasteiger charge is 2.77. The Morgan fingerprint density at radius 3 is 2.59 bits per heavy atom. The predicted octanol–water partition coefficient (Wildman–Crippen LogP) is 5.40. The quantitative estimate of drug-likeness (QED) is 0.523. The lowest BCUT2D eigenvalue weighted by Crippen LogP contribution is -2.67. The van der Waals surface area contributed by atoms with Gasteiger partial charge in [-0.1, -0.05) is 33.8 Å². The molecule has 4 saturated carbocycles. The molecule has 0 aromatic carbocycles. The molecule has 1 aliphatic heterocycles. The summed E-state index contributed by atoms with van der Waals surface area (Å²) in [6.07, 6.45) is 9.95. The predicted molar refractivity (Wildman–Crippen MR) is 130 cm³/mol. The molecule has 5 fully saturated rings. The van der Waals surface area contributed by atoms with Crippen LogP contribution in [0.3, 0.4) is 0 Å². The number of carboxylic acids is 1. The second-order valence-electron chi connectivity index (χ2n) is 13.2. The Kier molecular flexibility index (Phi) is 5.69. The molecular weight excluding hydrogens is 428 g/mol. The van der Waals surface area contributed by atoms with E-state index >= 15 is 0 Å². The SMILES string of the molecule is CC(=CCCC(C)C1CCC2(C)C3CCC45OCC3(C(=O)CC12C)C4CCC(O)C5C)C(=O)O. The van der Waals surface area contributed by atoms with E-state index in [4.69, 9.17) is 9.84 Å². The fraction of sp³-hybridized carbons (Fsp3) is 0.862. The fourth-order valence-corrected chi connectivity index (χ4v) is 10.2. The summed E-state index contributed by atoms with van der Waals surface area (Å²) in [6, 6.07) is 0. The first-order valence-electron chi connectivity index (χ1n) is 13.7. The number of carboxylic acid groups (broad SMARTS) is 1. The maximum Gasteiger partial charge on any atom is 0.330 e. The van der Waals surface area contributed by atoms with Crippen LogP contribution in [0.2, 0.25) is 0 Å². The van der Waals surface area contributed by atoms with E-state index in [9.17, 15) is 14.7 Å². The summed E-state index contributed by atoms with van der Waals surface area (Å²) in [7, 11) is 0. The van der Waals surface area contributed by atoms with Crippen LogP contribution in [0.4, 0.5) is 0 Å². The summed E-state index contributed by atoms with van der Waals surface area (Å²) in [6.45, 7) is 11.6. The molecule has 5 heteroatoms. The first-order chi connectivity index (χ1) is 15.9. The van der Waals surface area contributed by atoms with Crippen molar-refractivity contribution in [1.29, 1.82) is 0 Å². The largest absolute Gasteiger partial charge is 0.478 e. The second-order valence-corrected chi connectivity index (χ2v) is 13.2. The molecule has 10 unspecified atom stereocenters. The Balaban J connectivity index is 1.43. The van der Waals surface area contributed by atoms with Crippen molar-refractivity contribution in [2.24, 2.45) is 45.8 Å². The number of aliphatic hydroxyl groups is 1. The summed E-state index contributed by atoms with van der Waals surface area (Å²) < 4.78 is 6.64. The van der Waals surface area contributed by atoms with Crippen molar-refractivity contribution >= 4 is 11.8 Å². The van der Waals surface area contributed by atoms with Crippen LogP contribution in [-0.2, 0) is 14.3 Å². The minimum atomic E-state index is -0.840. The van der Waals surface area contributed by atoms with Crippen LogP contribution >= 0.6 is 0 Å². The molecule has 0 amide bonds. The third-order valence-corrected chi connectivity index (χ3v) is 12.3. The van der Waals surface area contributed by atoms with Crippen LogP contribution in [0, 0.1) is 45.8 Å². The summed E-state index contributed by atoms with van der Waals surface area (Å²) in [5.74, 6) is 1.25. The van der Waals surface area contributed by atoms with E-state index in [-0.39, 0.29) is 39.8 Å². The van der Waals surface area contributed by atoms with Gasteiger partial charge in [0.1, 0.15) is 5.78 Å². The molecule has 10 atom stereocenters. The van der Waals surface area contributed by atoms with Gasteiger partial charge in [0, 0.05) is 23.8 Å². The molecule has 1 spiro atoms. The lowest BCUT2D eigenvalue weighted by Gasteiger charge is -2.64. The molecule has 2 N–H and O–H groups in total. The topological polar surface area (TPSA) is 83.8 Å². The zero-order chi connectivity index (χ0) is 24.7. The highest BCUT2D eigenvalue weighted by Crippen LogP contribution is 2.77. The first kappa shape index (κ1) is 24.5. The minimum Gasteiger partial charge on any atom is -0.478 e. The minimum absolute atomic E-state index is 0.0205. The van der Waals surface area contributed by atoms with Crippen LogP contribution in [0.1, 0.15) is 92.4 Å². The molecular formula is C29H44O5. The van der Waals surface area contributed by atoms with Crippen molar-refractivity contribution in [2.75, 3.05) is 6.61 Å². The Labute approximate surface area is 204 Å². The van der Waals surface area contributed by atoms with Gasteiger partial charge >= 0.3 is 5.97 Å². The van der Waals surface area contributed by atoms with Gasteiger partial charge in [0.05, 0.1) is 23.7 Å². The highest BCUT2D eigenvalue weighted by atomic mass is 16.5. The van der Waals surface area contributed by atoms with Crippen LogP contribution < -0.4 is 0 Å². The van der Waals surface area contributed by atoms with Crippen molar-refractivity contribution in [3.05, 3.63) is 11.6 Å². The molecule has 34 heavy (non-hydrogen) atoms. The summed E-state index contributed by atoms with van der Waals surface area (Å²) in [4.78, 5) is 25.4. The molecule has 2 bridgehead atoms. The molecule has 5 nitrogen and oxygen atoms in total. The van der Waals surface area contributed by atoms with E-state index in [0.29, 0.717) is 42.1 Å². The van der Waals surface area contributed by atoms with Gasteiger partial charge < -0.3 is 14.9 Å². The van der Waals surface area contributed by atoms with Crippen molar-refractivity contribution in [2.45, 2.75) is 104 Å². The molecule has 4 aliphatic carbocycles. The Morgan fingerprint density at radius 1 is 1.15 bits per heavy atom. The first-order valence-corrected chi connectivity index (χ1v) is 13.7. The number of fused-ring (bicyclic) bond motifs is 2. The molecule has 0 aromatic heterocycles. The monoisotopic (exact) mass is 472 g/mol. The average molecular weight is 473 g/mol. The van der Waals surface area contributed by atoms with E-state index in [0.717, 1.165) is 44.9 Å². The molecule has 190 valence electrons. The Morgan fingerprint density at radius 2 is 1.88 bits per heavy atom. The number of ketones is 1. The number of aliphatic carboxylic acids is 1. The van der Waals surface area contributed by atoms with Crippen LogP contribution in [0.15, 0.2) is 11.6 Å². The summed E-state index contributed by atoms with van der Waals surface area (Å²) >= 11 is 0. The number of ether oxygens (including phenoxy) is 1. The van der Waals surface area contributed by atoms with Gasteiger partial charge in [-0.15, -0.1) is 0 Å². The third kappa shape index (κ3) is 2.92. The van der Waals surface area contributed by atoms with Gasteiger partial charge in [-0.3, -0.25) is 4.79 Å². The number of carbonyl (C=O) groups excluding carboxylic acids is 1. The normalized spacial score (nSPS) is 50.9. The number of rotatable bonds is 5. The van der Waals surface area contributed by atoms with Crippen molar-refractivity contribution in [3.63, 3.8) is 0 Å². The number of hydrogen-bond donors (Lipinski definition) is 2. The van der Waals surface area contributed by atoms with Crippen LogP contribution in [-0.4, -0.2) is 40.3 Å². The molecule has 1 saturated heterocycles. The van der Waals surface area contributed by atoms with Crippen molar-refractivity contribution in [1.82, 2.24) is 0 Å². The standard InChI is InChI=1S/C29H44O5/c1-17(7-6-8-18(2)25(32)33)20-11-13-26(4)22-12-14-29-19(3)21(30)9-10-23(29)28(22,16-34-29)24(31)15-27(20,26)5/h8,17,19-23,30H,6-7,9-16H2,1-5H3,(H,32,33). The summed E-state index contributed by atoms with van der Waals surface area (Å²) in [5.41, 5.74) is -0.157. The van der Waals surface area contributed by atoms with E-state index in [2.05, 4.69) is 27.7 Å². The van der Waals surface area contributed by atoms with Crippen LogP contribution in [0.25, 0.3) is 0 Å². The zero-order valence-corrected chi connectivity index (χ0v) is 21.7. The van der Waals surface area contributed by atoms with Gasteiger partial charge in [-0.25, -0.2) is 4.79 Å². The Hall–Kier alpha value is -1.20. The smallest absolute Gasteiger partial charge is 0.330 e. The highest BCUT2D eigenvalue weighted by molar-refractivity contribution is 5.89. The van der Waals surface area contributed by atoms with Gasteiger partial charge in [0.2, 0.25) is 0 Å². The van der Waals surface area contributed by atoms with E-state index < -0.39 is 5.97 Å². The second kappa shape index (κ2) is 7.90. The maximum atomic E-state index is 14.3. The van der Waals surface area contributed by atoms with E-state index in [1.54, 1.807) is 6.92 Å².